The van der Waals surface area contributed by atoms with Crippen LogP contribution in [0.3, 0.4) is 0 Å². The second-order valence-electron chi connectivity index (χ2n) is 6.31. The molecule has 0 saturated heterocycles. The van der Waals surface area contributed by atoms with E-state index in [0.29, 0.717) is 23.4 Å². The molecule has 0 radical (unpaired) electrons. The van der Waals surface area contributed by atoms with E-state index in [1.54, 1.807) is 0 Å². The Morgan fingerprint density at radius 3 is 2.29 bits per heavy atom. The highest BCUT2D eigenvalue weighted by atomic mass is 32.3. The van der Waals surface area contributed by atoms with Crippen molar-refractivity contribution < 1.29 is 8.98 Å². The molecule has 2 nitrogen and oxygen atoms in total. The van der Waals surface area contributed by atoms with Crippen LogP contribution in [0, 0.1) is 11.8 Å². The van der Waals surface area contributed by atoms with Crippen molar-refractivity contribution in [3.8, 4) is 0 Å². The SMILES string of the molecule is C=C(C)C1CC(=O)C(C)C(SCCCS(C)(C)OC)C1.CC.CC. The Hall–Kier alpha value is 0.0700. The van der Waals surface area contributed by atoms with Gasteiger partial charge < -0.3 is 4.18 Å². The fourth-order valence-electron chi connectivity index (χ4n) is 2.52. The second-order valence-corrected chi connectivity index (χ2v) is 11.3. The van der Waals surface area contributed by atoms with Crippen LogP contribution >= 0.6 is 22.1 Å². The molecule has 24 heavy (non-hydrogen) atoms. The van der Waals surface area contributed by atoms with Crippen molar-refractivity contribution in [2.75, 3.05) is 31.1 Å². The molecule has 0 aromatic heterocycles. The summed E-state index contributed by atoms with van der Waals surface area (Å²) in [5, 5.41) is 0.471. The van der Waals surface area contributed by atoms with Crippen LogP contribution in [0.5, 0.6) is 0 Å². The Morgan fingerprint density at radius 2 is 1.83 bits per heavy atom. The maximum Gasteiger partial charge on any atom is 0.137 e. The van der Waals surface area contributed by atoms with Gasteiger partial charge in [-0.15, -0.1) is 10.3 Å². The summed E-state index contributed by atoms with van der Waals surface area (Å²) < 4.78 is 5.52. The van der Waals surface area contributed by atoms with Gasteiger partial charge in [0.15, 0.2) is 0 Å². The molecule has 1 aliphatic rings. The third-order valence-electron chi connectivity index (χ3n) is 4.29. The van der Waals surface area contributed by atoms with E-state index in [9.17, 15) is 4.79 Å². The van der Waals surface area contributed by atoms with Crippen LogP contribution in [0.1, 0.15) is 60.8 Å². The fraction of sp³-hybridized carbons (Fsp3) is 0.850. The van der Waals surface area contributed by atoms with Crippen molar-refractivity contribution in [1.82, 2.24) is 0 Å². The van der Waals surface area contributed by atoms with E-state index in [2.05, 4.69) is 32.9 Å². The van der Waals surface area contributed by atoms with E-state index in [1.165, 1.54) is 12.0 Å². The van der Waals surface area contributed by atoms with E-state index in [0.717, 1.165) is 17.9 Å². The van der Waals surface area contributed by atoms with E-state index in [-0.39, 0.29) is 5.92 Å². The molecule has 0 aliphatic heterocycles. The molecule has 0 spiro atoms. The quantitative estimate of drug-likeness (QED) is 0.381. The number of carbonyl (C=O) groups excluding carboxylic acids is 1. The molecule has 3 atom stereocenters. The average molecular weight is 379 g/mol. The number of ketones is 1. The summed E-state index contributed by atoms with van der Waals surface area (Å²) in [7, 11) is 0.942. The second kappa shape index (κ2) is 14.3. The minimum absolute atomic E-state index is 0.207. The first-order valence-corrected chi connectivity index (χ1v) is 12.9. The molecule has 146 valence electrons. The zero-order chi connectivity index (χ0) is 19.3. The van der Waals surface area contributed by atoms with Crippen LogP contribution in [0.15, 0.2) is 12.2 Å². The number of hydrogen-bond donors (Lipinski definition) is 0. The van der Waals surface area contributed by atoms with E-state index >= 15 is 0 Å². The van der Waals surface area contributed by atoms with Crippen molar-refractivity contribution in [3.63, 3.8) is 0 Å². The molecule has 0 aromatic carbocycles. The summed E-state index contributed by atoms with van der Waals surface area (Å²) in [5.41, 5.74) is 1.17. The molecule has 0 bridgehead atoms. The molecule has 3 unspecified atom stereocenters. The molecule has 0 N–H and O–H groups in total. The molecular formula is C20H42O2S2. The molecule has 1 rings (SSSR count). The van der Waals surface area contributed by atoms with Gasteiger partial charge in [0.05, 0.1) is 0 Å². The Morgan fingerprint density at radius 1 is 1.29 bits per heavy atom. The van der Waals surface area contributed by atoms with Crippen LogP contribution in [0.25, 0.3) is 0 Å². The predicted octanol–water partition coefficient (Wildman–Crippen LogP) is 6.35. The van der Waals surface area contributed by atoms with Crippen LogP contribution in [0.2, 0.25) is 0 Å². The largest absolute Gasteiger partial charge is 0.340 e. The molecule has 1 saturated carbocycles. The van der Waals surface area contributed by atoms with Gasteiger partial charge >= 0.3 is 0 Å². The predicted molar refractivity (Wildman–Crippen MR) is 117 cm³/mol. The van der Waals surface area contributed by atoms with Crippen molar-refractivity contribution in [1.29, 1.82) is 0 Å². The van der Waals surface area contributed by atoms with Gasteiger partial charge in [0.25, 0.3) is 0 Å². The highest BCUT2D eigenvalue weighted by molar-refractivity contribution is 8.28. The normalized spacial score (nSPS) is 24.2. The highest BCUT2D eigenvalue weighted by Crippen LogP contribution is 2.42. The lowest BCUT2D eigenvalue weighted by molar-refractivity contribution is -0.124. The summed E-state index contributed by atoms with van der Waals surface area (Å²) >= 11 is 1.98. The summed E-state index contributed by atoms with van der Waals surface area (Å²) in [6, 6.07) is 0. The van der Waals surface area contributed by atoms with Gasteiger partial charge in [-0.2, -0.15) is 11.8 Å². The third-order valence-corrected chi connectivity index (χ3v) is 8.02. The number of carbonyl (C=O) groups is 1. The summed E-state index contributed by atoms with van der Waals surface area (Å²) in [4.78, 5) is 12.1. The smallest absolute Gasteiger partial charge is 0.137 e. The Kier molecular flexibility index (Phi) is 15.6. The fourth-order valence-corrected chi connectivity index (χ4v) is 5.13. The zero-order valence-corrected chi connectivity index (χ0v) is 19.2. The van der Waals surface area contributed by atoms with Gasteiger partial charge in [0, 0.05) is 24.7 Å². The summed E-state index contributed by atoms with van der Waals surface area (Å²) in [6.45, 7) is 16.2. The Balaban J connectivity index is 0. The van der Waals surface area contributed by atoms with Crippen LogP contribution < -0.4 is 0 Å². The Bertz CT molecular complexity index is 354. The molecular weight excluding hydrogens is 336 g/mol. The third kappa shape index (κ3) is 10.1. The number of hydrogen-bond acceptors (Lipinski definition) is 3. The van der Waals surface area contributed by atoms with Gasteiger partial charge in [-0.1, -0.05) is 46.8 Å². The molecule has 0 amide bonds. The number of thioether (sulfide) groups is 1. The lowest BCUT2D eigenvalue weighted by Crippen LogP contribution is -2.33. The van der Waals surface area contributed by atoms with E-state index in [4.69, 9.17) is 4.18 Å². The molecule has 1 aliphatic carbocycles. The maximum atomic E-state index is 12.1. The van der Waals surface area contributed by atoms with Gasteiger partial charge in [-0.25, -0.2) is 0 Å². The monoisotopic (exact) mass is 378 g/mol. The van der Waals surface area contributed by atoms with Crippen LogP contribution in [0.4, 0.5) is 0 Å². The number of rotatable bonds is 7. The zero-order valence-electron chi connectivity index (χ0n) is 17.6. The molecule has 0 heterocycles. The van der Waals surface area contributed by atoms with Gasteiger partial charge in [0.2, 0.25) is 0 Å². The van der Waals surface area contributed by atoms with Crippen molar-refractivity contribution in [3.05, 3.63) is 12.2 Å². The lowest BCUT2D eigenvalue weighted by Gasteiger charge is -2.34. The maximum absolute atomic E-state index is 12.1. The van der Waals surface area contributed by atoms with Crippen molar-refractivity contribution in [2.45, 2.75) is 66.1 Å². The lowest BCUT2D eigenvalue weighted by atomic mass is 9.79. The van der Waals surface area contributed by atoms with Gasteiger partial charge in [-0.05, 0) is 49.7 Å². The minimum atomic E-state index is -0.865. The molecule has 0 aromatic rings. The first kappa shape index (κ1) is 26.3. The first-order chi connectivity index (χ1) is 11.3. The van der Waals surface area contributed by atoms with E-state index < -0.39 is 10.3 Å². The van der Waals surface area contributed by atoms with Crippen LogP contribution in [-0.2, 0) is 8.98 Å². The minimum Gasteiger partial charge on any atom is -0.340 e. The summed E-state index contributed by atoms with van der Waals surface area (Å²) in [5.74, 6) is 3.31. The van der Waals surface area contributed by atoms with Crippen molar-refractivity contribution in [2.24, 2.45) is 11.8 Å². The Labute approximate surface area is 158 Å². The van der Waals surface area contributed by atoms with Gasteiger partial charge in [0.1, 0.15) is 5.78 Å². The summed E-state index contributed by atoms with van der Waals surface area (Å²) in [6.07, 6.45) is 7.42. The molecule has 4 heteroatoms. The number of allylic oxidation sites excluding steroid dienone is 1. The standard InChI is InChI=1S/C16H30O2S2.2C2H6/c1-12(2)14-10-15(17)13(3)16(11-14)19-8-7-9-20(5,6)18-4;2*1-2/h13-14,16H,1,7-11H2,2-6H3;2*1-2H3. The van der Waals surface area contributed by atoms with Gasteiger partial charge in [-0.3, -0.25) is 4.79 Å². The number of Topliss-reactive ketones (excluding diaryl/α,β-unsaturated/α-hetero) is 1. The topological polar surface area (TPSA) is 26.3 Å². The van der Waals surface area contributed by atoms with E-state index in [1.807, 2.05) is 46.6 Å². The van der Waals surface area contributed by atoms with Crippen molar-refractivity contribution >= 4 is 27.9 Å². The average Bonchev–Trinajstić information content (AvgIpc) is 2.58. The highest BCUT2D eigenvalue weighted by Gasteiger charge is 2.34. The first-order valence-electron chi connectivity index (χ1n) is 9.33. The molecule has 1 fully saturated rings. The van der Waals surface area contributed by atoms with Crippen LogP contribution in [-0.4, -0.2) is 42.2 Å².